The van der Waals surface area contributed by atoms with Crippen molar-refractivity contribution in [3.63, 3.8) is 0 Å². The van der Waals surface area contributed by atoms with Gasteiger partial charge in [0.2, 0.25) is 0 Å². The molecule has 35 heavy (non-hydrogen) atoms. The number of pyridine rings is 1. The van der Waals surface area contributed by atoms with Crippen molar-refractivity contribution < 1.29 is 31.4 Å². The van der Waals surface area contributed by atoms with Crippen LogP contribution in [-0.4, -0.2) is 34.9 Å². The molecule has 0 amide bonds. The summed E-state index contributed by atoms with van der Waals surface area (Å²) in [7, 11) is 0. The van der Waals surface area contributed by atoms with Crippen LogP contribution in [-0.2, 0) is 18.1 Å². The van der Waals surface area contributed by atoms with Crippen molar-refractivity contribution >= 4 is 0 Å². The smallest absolute Gasteiger partial charge is 0.323 e. The Hall–Kier alpha value is -4.18. The first-order valence-corrected chi connectivity index (χ1v) is 9.81. The number of aliphatic hydroxyl groups is 1. The van der Waals surface area contributed by atoms with Gasteiger partial charge in [-0.15, -0.1) is 5.10 Å². The van der Waals surface area contributed by atoms with E-state index in [4.69, 9.17) is 0 Å². The molecule has 7 nitrogen and oxygen atoms in total. The molecule has 0 saturated heterocycles. The largest absolute Gasteiger partial charge is 0.377 e. The lowest BCUT2D eigenvalue weighted by molar-refractivity contribution is -0.207. The molecule has 0 aliphatic heterocycles. The topological polar surface area (TPSA) is 81.6 Å². The van der Waals surface area contributed by atoms with Crippen LogP contribution in [0.1, 0.15) is 28.9 Å². The predicted molar refractivity (Wildman–Crippen MR) is 108 cm³/mol. The number of nitrogens with zero attached hydrogens (tertiary/aromatic N) is 6. The summed E-state index contributed by atoms with van der Waals surface area (Å²) in [5, 5.41) is 21.2. The highest BCUT2D eigenvalue weighted by molar-refractivity contribution is 5.42. The van der Waals surface area contributed by atoms with Crippen molar-refractivity contribution in [2.24, 2.45) is 0 Å². The predicted octanol–water partition coefficient (Wildman–Crippen LogP) is 3.62. The second-order valence-electron chi connectivity index (χ2n) is 7.37. The summed E-state index contributed by atoms with van der Waals surface area (Å²) < 4.78 is 85.9. The second kappa shape index (κ2) is 9.22. The molecule has 1 N–H and O–H groups in total. The monoisotopic (exact) mass is 492 g/mol. The third-order valence-corrected chi connectivity index (χ3v) is 5.05. The Balaban J connectivity index is 1.68. The Bertz CT molecular complexity index is 1380. The summed E-state index contributed by atoms with van der Waals surface area (Å²) in [6.45, 7) is -3.72. The zero-order chi connectivity index (χ0) is 25.2. The van der Waals surface area contributed by atoms with Gasteiger partial charge in [0, 0.05) is 41.3 Å². The van der Waals surface area contributed by atoms with E-state index in [1.807, 2.05) is 0 Å². The van der Waals surface area contributed by atoms with Crippen molar-refractivity contribution in [2.45, 2.75) is 24.6 Å². The van der Waals surface area contributed by atoms with Crippen molar-refractivity contribution in [1.82, 2.24) is 29.8 Å². The Labute approximate surface area is 193 Å². The molecule has 4 rings (SSSR count). The molecule has 0 radical (unpaired) electrons. The van der Waals surface area contributed by atoms with Gasteiger partial charge in [0.15, 0.2) is 5.60 Å². The van der Waals surface area contributed by atoms with Gasteiger partial charge in [0.05, 0.1) is 6.54 Å². The molecule has 1 atom stereocenters. The normalized spacial score (nSPS) is 13.4. The maximum absolute atomic E-state index is 15.7. The summed E-state index contributed by atoms with van der Waals surface area (Å²) in [4.78, 5) is 3.67. The van der Waals surface area contributed by atoms with Gasteiger partial charge in [-0.1, -0.05) is 11.8 Å². The molecule has 13 heteroatoms. The van der Waals surface area contributed by atoms with Gasteiger partial charge < -0.3 is 5.11 Å². The van der Waals surface area contributed by atoms with Gasteiger partial charge in [-0.3, -0.25) is 9.55 Å². The van der Waals surface area contributed by atoms with Crippen LogP contribution in [0.3, 0.4) is 0 Å². The zero-order valence-corrected chi connectivity index (χ0v) is 17.5. The second-order valence-corrected chi connectivity index (χ2v) is 7.37. The number of alkyl halides is 4. The molecule has 3 heterocycles. The quantitative estimate of drug-likeness (QED) is 0.329. The maximum atomic E-state index is 15.7. The van der Waals surface area contributed by atoms with Crippen LogP contribution in [0.2, 0.25) is 0 Å². The fourth-order valence-electron chi connectivity index (χ4n) is 3.28. The van der Waals surface area contributed by atoms with Crippen LogP contribution in [0.5, 0.6) is 0 Å². The molecule has 4 aromatic rings. The van der Waals surface area contributed by atoms with Crippen LogP contribution >= 0.6 is 0 Å². The van der Waals surface area contributed by atoms with E-state index in [-0.39, 0.29) is 11.1 Å². The third-order valence-electron chi connectivity index (χ3n) is 5.05. The number of benzene rings is 1. The molecular formula is C22H14F6N6O. The molecule has 3 aromatic heterocycles. The summed E-state index contributed by atoms with van der Waals surface area (Å²) in [5.74, 6) is -1.43. The van der Waals surface area contributed by atoms with E-state index in [1.54, 1.807) is 0 Å². The molecule has 0 aliphatic rings. The van der Waals surface area contributed by atoms with E-state index in [0.29, 0.717) is 16.7 Å². The highest BCUT2D eigenvalue weighted by Gasteiger charge is 2.57. The Kier molecular flexibility index (Phi) is 6.31. The highest BCUT2D eigenvalue weighted by Crippen LogP contribution is 2.46. The first kappa shape index (κ1) is 24.0. The Morgan fingerprint density at radius 1 is 1.03 bits per heavy atom. The number of halogens is 6. The molecule has 0 fully saturated rings. The van der Waals surface area contributed by atoms with Crippen molar-refractivity contribution in [1.29, 1.82) is 0 Å². The van der Waals surface area contributed by atoms with Gasteiger partial charge in [-0.2, -0.15) is 17.6 Å². The van der Waals surface area contributed by atoms with Gasteiger partial charge in [0.1, 0.15) is 23.7 Å². The lowest BCUT2D eigenvalue weighted by Gasteiger charge is -2.35. The van der Waals surface area contributed by atoms with E-state index >= 15 is 8.78 Å². The molecule has 1 unspecified atom stereocenters. The van der Waals surface area contributed by atoms with Crippen LogP contribution in [0, 0.1) is 23.5 Å². The lowest BCUT2D eigenvalue weighted by Crippen LogP contribution is -2.48. The van der Waals surface area contributed by atoms with Crippen LogP contribution in [0.4, 0.5) is 26.3 Å². The summed E-state index contributed by atoms with van der Waals surface area (Å²) >= 11 is 0. The Morgan fingerprint density at radius 2 is 1.80 bits per heavy atom. The number of tetrazole rings is 1. The Morgan fingerprint density at radius 3 is 2.40 bits per heavy atom. The molecule has 0 saturated carbocycles. The highest BCUT2D eigenvalue weighted by atomic mass is 19.3. The van der Waals surface area contributed by atoms with Gasteiger partial charge in [-0.25, -0.2) is 13.5 Å². The molecule has 1 aromatic carbocycles. The molecular weight excluding hydrogens is 478 g/mol. The van der Waals surface area contributed by atoms with E-state index < -0.39 is 47.5 Å². The summed E-state index contributed by atoms with van der Waals surface area (Å²) in [6.07, 6.45) is 4.18. The van der Waals surface area contributed by atoms with Gasteiger partial charge in [0.25, 0.3) is 0 Å². The average molecular weight is 492 g/mol. The van der Waals surface area contributed by atoms with Crippen LogP contribution in [0.15, 0.2) is 61.3 Å². The number of hydrogen-bond donors (Lipinski definition) is 1. The third kappa shape index (κ3) is 4.73. The van der Waals surface area contributed by atoms with Gasteiger partial charge >= 0.3 is 12.5 Å². The standard InChI is InChI=1S/C22H14F6N6O/c23-16-4-5-17(18(24)9-16)21(35,12-34-13-30-31-32-34)22(27,28)19-6-3-14(10-29-19)1-2-15-7-8-33(11-15)20(25)26/h3-11,13,20,35H,12H2. The molecule has 0 aliphatic carbocycles. The fraction of sp³-hybridized carbons (Fsp3) is 0.182. The lowest BCUT2D eigenvalue weighted by atomic mass is 9.84. The number of hydrogen-bond acceptors (Lipinski definition) is 5. The van der Waals surface area contributed by atoms with E-state index in [9.17, 15) is 22.7 Å². The minimum absolute atomic E-state index is 0.173. The zero-order valence-electron chi connectivity index (χ0n) is 17.5. The summed E-state index contributed by atoms with van der Waals surface area (Å²) in [5.41, 5.74) is -4.66. The van der Waals surface area contributed by atoms with E-state index in [0.717, 1.165) is 41.7 Å². The number of aromatic nitrogens is 6. The minimum atomic E-state index is -4.21. The van der Waals surface area contributed by atoms with E-state index in [2.05, 4.69) is 32.4 Å². The SMILES string of the molecule is OC(Cn1cnnn1)(c1ccc(F)cc1F)C(F)(F)c1ccc(C#Cc2ccn(C(F)F)c2)cn1. The maximum Gasteiger partial charge on any atom is 0.323 e. The molecule has 180 valence electrons. The number of rotatable bonds is 6. The van der Waals surface area contributed by atoms with Crippen LogP contribution < -0.4 is 0 Å². The summed E-state index contributed by atoms with van der Waals surface area (Å²) in [6, 6.07) is 5.20. The molecule has 0 bridgehead atoms. The van der Waals surface area contributed by atoms with E-state index in [1.165, 1.54) is 12.1 Å². The van der Waals surface area contributed by atoms with Crippen molar-refractivity contribution in [3.8, 4) is 11.8 Å². The first-order valence-electron chi connectivity index (χ1n) is 9.81. The minimum Gasteiger partial charge on any atom is -0.377 e. The fourth-order valence-corrected chi connectivity index (χ4v) is 3.28. The molecule has 0 spiro atoms. The average Bonchev–Trinajstić information content (AvgIpc) is 3.50. The van der Waals surface area contributed by atoms with Crippen molar-refractivity contribution in [2.75, 3.05) is 0 Å². The van der Waals surface area contributed by atoms with Crippen molar-refractivity contribution in [3.05, 3.63) is 95.3 Å². The van der Waals surface area contributed by atoms with Crippen LogP contribution in [0.25, 0.3) is 0 Å². The first-order chi connectivity index (χ1) is 16.6. The van der Waals surface area contributed by atoms with Gasteiger partial charge in [-0.05, 0) is 40.8 Å².